The lowest BCUT2D eigenvalue weighted by Gasteiger charge is -2.31. The van der Waals surface area contributed by atoms with E-state index >= 15 is 0 Å². The zero-order valence-corrected chi connectivity index (χ0v) is 21.0. The highest BCUT2D eigenvalue weighted by Gasteiger charge is 2.26. The number of aromatic nitrogens is 3. The number of piperidine rings is 1. The number of hydrogen-bond acceptors (Lipinski definition) is 7. The van der Waals surface area contributed by atoms with Gasteiger partial charge in [0.25, 0.3) is 0 Å². The van der Waals surface area contributed by atoms with Gasteiger partial charge in [-0.2, -0.15) is 0 Å². The van der Waals surface area contributed by atoms with Crippen molar-refractivity contribution >= 4 is 56.9 Å². The molecule has 0 radical (unpaired) electrons. The van der Waals surface area contributed by atoms with Crippen LogP contribution in [0.5, 0.6) is 5.75 Å². The smallest absolute Gasteiger partial charge is 0.245 e. The summed E-state index contributed by atoms with van der Waals surface area (Å²) in [7, 11) is 0. The summed E-state index contributed by atoms with van der Waals surface area (Å²) in [6.07, 6.45) is 6.68. The van der Waals surface area contributed by atoms with Crippen LogP contribution in [0.3, 0.4) is 0 Å². The van der Waals surface area contributed by atoms with Crippen molar-refractivity contribution in [2.75, 3.05) is 30.8 Å². The number of carbonyl (C=O) groups excluding carboxylic acids is 1. The van der Waals surface area contributed by atoms with Gasteiger partial charge in [0.15, 0.2) is 0 Å². The van der Waals surface area contributed by atoms with Crippen LogP contribution < -0.4 is 10.1 Å². The third-order valence-electron chi connectivity index (χ3n) is 6.32. The molecule has 2 aliphatic heterocycles. The lowest BCUT2D eigenvalue weighted by molar-refractivity contribution is -0.127. The quantitative estimate of drug-likeness (QED) is 0.426. The van der Waals surface area contributed by atoms with Crippen LogP contribution in [0.25, 0.3) is 11.0 Å². The minimum atomic E-state index is -0.0121. The molecule has 2 aromatic heterocycles. The number of ether oxygens (including phenoxy) is 1. The standard InChI is InChI=1S/C25H27ClN6O2S/c1-3-22(33)32-8-6-16(7-9-32)18-11-27-24-23(18)25(29-14-28-24)31-17-4-5-20(19(26)10-17)34-12-21-30-15(2)13-35-21/h3-5,10-11,14-16H,1,6-9,12-13H2,2H3,(H2,27,28,29,31). The summed E-state index contributed by atoms with van der Waals surface area (Å²) in [6.45, 7) is 7.54. The van der Waals surface area contributed by atoms with Crippen molar-refractivity contribution in [2.45, 2.75) is 31.7 Å². The molecule has 182 valence electrons. The minimum Gasteiger partial charge on any atom is -0.485 e. The Labute approximate surface area is 213 Å². The molecule has 3 aromatic rings. The van der Waals surface area contributed by atoms with Crippen molar-refractivity contribution in [1.29, 1.82) is 0 Å². The number of rotatable bonds is 7. The molecule has 1 unspecified atom stereocenters. The maximum atomic E-state index is 11.9. The van der Waals surface area contributed by atoms with Crippen molar-refractivity contribution in [3.63, 3.8) is 0 Å². The minimum absolute atomic E-state index is 0.0121. The Balaban J connectivity index is 1.32. The average molecular weight is 511 g/mol. The molecule has 35 heavy (non-hydrogen) atoms. The number of halogens is 1. The highest BCUT2D eigenvalue weighted by atomic mass is 35.5. The molecule has 10 heteroatoms. The second-order valence-electron chi connectivity index (χ2n) is 8.74. The number of anilines is 2. The van der Waals surface area contributed by atoms with E-state index in [1.807, 2.05) is 29.3 Å². The van der Waals surface area contributed by atoms with Crippen LogP contribution in [-0.2, 0) is 4.79 Å². The number of aliphatic imine (C=N–C) groups is 1. The van der Waals surface area contributed by atoms with Gasteiger partial charge in [0.05, 0.1) is 16.5 Å². The lowest BCUT2D eigenvalue weighted by Crippen LogP contribution is -2.36. The summed E-state index contributed by atoms with van der Waals surface area (Å²) in [5.74, 6) is 2.63. The number of thioether (sulfide) groups is 1. The normalized spacial score (nSPS) is 18.5. The molecule has 2 aliphatic rings. The van der Waals surface area contributed by atoms with Gasteiger partial charge < -0.3 is 19.9 Å². The van der Waals surface area contributed by atoms with E-state index in [-0.39, 0.29) is 5.91 Å². The number of nitrogens with zero attached hydrogens (tertiary/aromatic N) is 4. The summed E-state index contributed by atoms with van der Waals surface area (Å²) in [6, 6.07) is 5.96. The highest BCUT2D eigenvalue weighted by Crippen LogP contribution is 2.37. The number of carbonyl (C=O) groups is 1. The molecule has 0 aliphatic carbocycles. The first-order valence-electron chi connectivity index (χ1n) is 11.6. The number of aromatic amines is 1. The van der Waals surface area contributed by atoms with Gasteiger partial charge in [-0.1, -0.05) is 18.2 Å². The van der Waals surface area contributed by atoms with Crippen molar-refractivity contribution in [1.82, 2.24) is 19.9 Å². The Bertz CT molecular complexity index is 1280. The first kappa shape index (κ1) is 23.7. The van der Waals surface area contributed by atoms with Crippen molar-refractivity contribution in [3.8, 4) is 5.75 Å². The van der Waals surface area contributed by atoms with E-state index in [9.17, 15) is 4.79 Å². The molecule has 1 aromatic carbocycles. The van der Waals surface area contributed by atoms with E-state index in [1.54, 1.807) is 11.8 Å². The summed E-state index contributed by atoms with van der Waals surface area (Å²) >= 11 is 8.25. The second kappa shape index (κ2) is 10.3. The third-order valence-corrected chi connectivity index (χ3v) is 7.82. The maximum Gasteiger partial charge on any atom is 0.245 e. The molecule has 1 saturated heterocycles. The van der Waals surface area contributed by atoms with Gasteiger partial charge in [-0.3, -0.25) is 9.79 Å². The topological polar surface area (TPSA) is 95.5 Å². The molecule has 0 spiro atoms. The van der Waals surface area contributed by atoms with Crippen LogP contribution in [0.1, 0.15) is 31.2 Å². The Morgan fingerprint density at radius 2 is 2.20 bits per heavy atom. The molecule has 1 atom stereocenters. The van der Waals surface area contributed by atoms with E-state index in [0.29, 0.717) is 48.2 Å². The van der Waals surface area contributed by atoms with Gasteiger partial charge in [0.2, 0.25) is 5.91 Å². The van der Waals surface area contributed by atoms with Gasteiger partial charge in [-0.15, -0.1) is 11.8 Å². The second-order valence-corrected chi connectivity index (χ2v) is 10.2. The predicted molar refractivity (Wildman–Crippen MR) is 142 cm³/mol. The Morgan fingerprint density at radius 1 is 1.37 bits per heavy atom. The first-order valence-corrected chi connectivity index (χ1v) is 13.0. The highest BCUT2D eigenvalue weighted by molar-refractivity contribution is 8.14. The van der Waals surface area contributed by atoms with Crippen LogP contribution in [0.15, 0.2) is 48.4 Å². The number of benzene rings is 1. The van der Waals surface area contributed by atoms with Gasteiger partial charge >= 0.3 is 0 Å². The summed E-state index contributed by atoms with van der Waals surface area (Å²) in [5, 5.41) is 5.88. The van der Waals surface area contributed by atoms with Crippen molar-refractivity contribution in [3.05, 3.63) is 54.0 Å². The Morgan fingerprint density at radius 3 is 2.91 bits per heavy atom. The summed E-state index contributed by atoms with van der Waals surface area (Å²) in [5.41, 5.74) is 2.74. The number of hydrogen-bond donors (Lipinski definition) is 2. The third kappa shape index (κ3) is 5.16. The molecule has 0 saturated carbocycles. The molecule has 1 fully saturated rings. The van der Waals surface area contributed by atoms with Gasteiger partial charge in [-0.25, -0.2) is 9.97 Å². The van der Waals surface area contributed by atoms with Crippen LogP contribution in [-0.4, -0.2) is 62.3 Å². The fourth-order valence-corrected chi connectivity index (χ4v) is 5.67. The Hall–Kier alpha value is -3.04. The van der Waals surface area contributed by atoms with Gasteiger partial charge in [0, 0.05) is 30.7 Å². The fraction of sp³-hybridized carbons (Fsp3) is 0.360. The number of likely N-dealkylation sites (tertiary alicyclic amines) is 1. The zero-order chi connectivity index (χ0) is 24.4. The molecule has 5 rings (SSSR count). The summed E-state index contributed by atoms with van der Waals surface area (Å²) in [4.78, 5) is 30.6. The van der Waals surface area contributed by atoms with Gasteiger partial charge in [0.1, 0.15) is 35.2 Å². The lowest BCUT2D eigenvalue weighted by atomic mass is 9.89. The monoisotopic (exact) mass is 510 g/mol. The average Bonchev–Trinajstić information content (AvgIpc) is 3.50. The molecule has 1 amide bonds. The first-order chi connectivity index (χ1) is 17.0. The number of nitrogens with one attached hydrogen (secondary N) is 2. The van der Waals surface area contributed by atoms with E-state index in [1.165, 1.54) is 12.4 Å². The van der Waals surface area contributed by atoms with Crippen molar-refractivity contribution < 1.29 is 9.53 Å². The number of amides is 1. The van der Waals surface area contributed by atoms with Gasteiger partial charge in [-0.05, 0) is 55.5 Å². The van der Waals surface area contributed by atoms with Crippen molar-refractivity contribution in [2.24, 2.45) is 4.99 Å². The summed E-state index contributed by atoms with van der Waals surface area (Å²) < 4.78 is 5.89. The molecule has 0 bridgehead atoms. The molecule has 8 nitrogen and oxygen atoms in total. The van der Waals surface area contributed by atoms with E-state index in [2.05, 4.69) is 38.8 Å². The van der Waals surface area contributed by atoms with E-state index in [4.69, 9.17) is 16.3 Å². The van der Waals surface area contributed by atoms with Crippen LogP contribution in [0.2, 0.25) is 5.02 Å². The maximum absolute atomic E-state index is 11.9. The fourth-order valence-electron chi connectivity index (χ4n) is 4.53. The SMILES string of the molecule is C=CC(=O)N1CCC(c2c[nH]c3ncnc(Nc4ccc(OCC5=NC(C)CS5)c(Cl)c4)c23)CC1. The Kier molecular flexibility index (Phi) is 6.97. The van der Waals surface area contributed by atoms with Crippen LogP contribution >= 0.6 is 23.4 Å². The molecular weight excluding hydrogens is 484 g/mol. The van der Waals surface area contributed by atoms with Crippen LogP contribution in [0.4, 0.5) is 11.5 Å². The van der Waals surface area contributed by atoms with E-state index in [0.717, 1.165) is 45.9 Å². The molecule has 2 N–H and O–H groups in total. The van der Waals surface area contributed by atoms with Crippen LogP contribution in [0, 0.1) is 0 Å². The molecular formula is C25H27ClN6O2S. The molecule has 4 heterocycles. The number of fused-ring (bicyclic) bond motifs is 1. The predicted octanol–water partition coefficient (Wildman–Crippen LogP) is 5.16. The largest absolute Gasteiger partial charge is 0.485 e. The number of H-pyrrole nitrogens is 1. The van der Waals surface area contributed by atoms with E-state index < -0.39 is 0 Å². The zero-order valence-electron chi connectivity index (χ0n) is 19.5.